The van der Waals surface area contributed by atoms with Crippen molar-refractivity contribution in [1.29, 1.82) is 0 Å². The molecule has 2 aliphatic heterocycles. The number of thioether (sulfide) groups is 1. The standard InChI is InChI=1S/C16H30N4OS.HI/c1-4-17-16(18-11-15(21)19-7-5-6-8-19)20-9-10-22-14(12-20)13(2)3;/h13-14H,4-12H2,1-3H3,(H,17,18);1H. The highest BCUT2D eigenvalue weighted by Crippen LogP contribution is 2.24. The maximum Gasteiger partial charge on any atom is 0.244 e. The molecule has 1 amide bonds. The number of hydrogen-bond donors (Lipinski definition) is 1. The number of hydrogen-bond acceptors (Lipinski definition) is 3. The molecule has 0 bridgehead atoms. The first kappa shape index (κ1) is 20.9. The molecule has 2 fully saturated rings. The van der Waals surface area contributed by atoms with E-state index in [1.165, 1.54) is 0 Å². The van der Waals surface area contributed by atoms with Crippen molar-refractivity contribution in [3.63, 3.8) is 0 Å². The van der Waals surface area contributed by atoms with Gasteiger partial charge in [-0.25, -0.2) is 4.99 Å². The highest BCUT2D eigenvalue weighted by atomic mass is 127. The number of nitrogens with one attached hydrogen (secondary N) is 1. The average Bonchev–Trinajstić information content (AvgIpc) is 3.05. The number of nitrogens with zero attached hydrogens (tertiary/aromatic N) is 3. The fourth-order valence-electron chi connectivity index (χ4n) is 2.91. The van der Waals surface area contributed by atoms with Gasteiger partial charge in [0.1, 0.15) is 6.54 Å². The third kappa shape index (κ3) is 6.32. The van der Waals surface area contributed by atoms with E-state index in [-0.39, 0.29) is 36.4 Å². The highest BCUT2D eigenvalue weighted by Gasteiger charge is 2.25. The first-order chi connectivity index (χ1) is 10.6. The molecule has 1 N–H and O–H groups in total. The van der Waals surface area contributed by atoms with Crippen LogP contribution < -0.4 is 5.32 Å². The number of aliphatic imine (C=N–C) groups is 1. The lowest BCUT2D eigenvalue weighted by Gasteiger charge is -2.36. The summed E-state index contributed by atoms with van der Waals surface area (Å²) >= 11 is 2.06. The summed E-state index contributed by atoms with van der Waals surface area (Å²) in [6.07, 6.45) is 2.27. The summed E-state index contributed by atoms with van der Waals surface area (Å²) in [5.41, 5.74) is 0. The molecular weight excluding hydrogens is 423 g/mol. The second-order valence-electron chi connectivity index (χ2n) is 6.36. The predicted molar refractivity (Wildman–Crippen MR) is 110 cm³/mol. The molecule has 23 heavy (non-hydrogen) atoms. The van der Waals surface area contributed by atoms with E-state index >= 15 is 0 Å². The first-order valence-electron chi connectivity index (χ1n) is 8.54. The normalized spacial score (nSPS) is 22.3. The van der Waals surface area contributed by atoms with Crippen molar-refractivity contribution in [1.82, 2.24) is 15.1 Å². The lowest BCUT2D eigenvalue weighted by atomic mass is 10.1. The summed E-state index contributed by atoms with van der Waals surface area (Å²) in [6.45, 7) is 11.6. The van der Waals surface area contributed by atoms with Crippen molar-refractivity contribution in [2.75, 3.05) is 45.0 Å². The minimum absolute atomic E-state index is 0. The van der Waals surface area contributed by atoms with Crippen LogP contribution in [0.1, 0.15) is 33.6 Å². The molecule has 2 saturated heterocycles. The second kappa shape index (κ2) is 10.6. The summed E-state index contributed by atoms with van der Waals surface area (Å²) < 4.78 is 0. The average molecular weight is 454 g/mol. The van der Waals surface area contributed by atoms with Crippen molar-refractivity contribution in [3.8, 4) is 0 Å². The number of likely N-dealkylation sites (tertiary alicyclic amines) is 1. The number of carbonyl (C=O) groups excluding carboxylic acids is 1. The molecule has 1 atom stereocenters. The molecular formula is C16H31IN4OS. The van der Waals surface area contributed by atoms with E-state index < -0.39 is 0 Å². The van der Waals surface area contributed by atoms with Gasteiger partial charge in [-0.1, -0.05) is 13.8 Å². The Balaban J connectivity index is 0.00000264. The van der Waals surface area contributed by atoms with Gasteiger partial charge >= 0.3 is 0 Å². The number of amides is 1. The van der Waals surface area contributed by atoms with Crippen LogP contribution in [0.4, 0.5) is 0 Å². The number of rotatable bonds is 4. The van der Waals surface area contributed by atoms with Crippen LogP contribution in [0.25, 0.3) is 0 Å². The maximum atomic E-state index is 12.2. The van der Waals surface area contributed by atoms with Gasteiger partial charge in [0.2, 0.25) is 5.91 Å². The Labute approximate surface area is 162 Å². The fraction of sp³-hybridized carbons (Fsp3) is 0.875. The van der Waals surface area contributed by atoms with Gasteiger partial charge in [-0.2, -0.15) is 11.8 Å². The van der Waals surface area contributed by atoms with Crippen LogP contribution in [-0.2, 0) is 4.79 Å². The van der Waals surface area contributed by atoms with Gasteiger partial charge in [-0.05, 0) is 25.7 Å². The number of carbonyl (C=O) groups is 1. The summed E-state index contributed by atoms with van der Waals surface area (Å²) in [5, 5.41) is 4.00. The van der Waals surface area contributed by atoms with E-state index in [1.54, 1.807) is 0 Å². The van der Waals surface area contributed by atoms with Gasteiger partial charge in [0.15, 0.2) is 5.96 Å². The lowest BCUT2D eigenvalue weighted by Crippen LogP contribution is -2.49. The monoisotopic (exact) mass is 454 g/mol. The summed E-state index contributed by atoms with van der Waals surface area (Å²) in [5.74, 6) is 2.87. The van der Waals surface area contributed by atoms with E-state index in [1.807, 2.05) is 4.90 Å². The largest absolute Gasteiger partial charge is 0.357 e. The maximum absolute atomic E-state index is 12.2. The Morgan fingerprint density at radius 2 is 1.96 bits per heavy atom. The Bertz CT molecular complexity index is 400. The molecule has 2 heterocycles. The smallest absolute Gasteiger partial charge is 0.244 e. The molecule has 0 radical (unpaired) electrons. The van der Waals surface area contributed by atoms with E-state index in [0.29, 0.717) is 11.2 Å². The van der Waals surface area contributed by atoms with Crippen LogP contribution in [-0.4, -0.2) is 71.9 Å². The van der Waals surface area contributed by atoms with Gasteiger partial charge in [0, 0.05) is 43.7 Å². The Hall–Kier alpha value is -0.180. The zero-order valence-corrected chi connectivity index (χ0v) is 17.7. The minimum atomic E-state index is 0. The van der Waals surface area contributed by atoms with Crippen LogP contribution in [0.15, 0.2) is 4.99 Å². The van der Waals surface area contributed by atoms with E-state index in [2.05, 4.69) is 47.7 Å². The Kier molecular flexibility index (Phi) is 9.65. The van der Waals surface area contributed by atoms with Crippen molar-refractivity contribution in [3.05, 3.63) is 0 Å². The molecule has 2 rings (SSSR count). The van der Waals surface area contributed by atoms with Gasteiger partial charge in [0.25, 0.3) is 0 Å². The van der Waals surface area contributed by atoms with Gasteiger partial charge in [0.05, 0.1) is 0 Å². The molecule has 0 aromatic rings. The fourth-order valence-corrected chi connectivity index (χ4v) is 4.20. The van der Waals surface area contributed by atoms with Crippen molar-refractivity contribution < 1.29 is 4.79 Å². The van der Waals surface area contributed by atoms with Gasteiger partial charge in [-0.15, -0.1) is 24.0 Å². The topological polar surface area (TPSA) is 47.9 Å². The zero-order chi connectivity index (χ0) is 15.9. The van der Waals surface area contributed by atoms with Crippen LogP contribution >= 0.6 is 35.7 Å². The first-order valence-corrected chi connectivity index (χ1v) is 9.59. The summed E-state index contributed by atoms with van der Waals surface area (Å²) in [7, 11) is 0. The molecule has 7 heteroatoms. The Morgan fingerprint density at radius 3 is 2.57 bits per heavy atom. The summed E-state index contributed by atoms with van der Waals surface area (Å²) in [6, 6.07) is 0. The van der Waals surface area contributed by atoms with E-state index in [4.69, 9.17) is 0 Å². The molecule has 134 valence electrons. The van der Waals surface area contributed by atoms with Crippen molar-refractivity contribution >= 4 is 47.6 Å². The van der Waals surface area contributed by atoms with Crippen molar-refractivity contribution in [2.45, 2.75) is 38.9 Å². The number of halogens is 1. The van der Waals surface area contributed by atoms with Gasteiger partial charge < -0.3 is 15.1 Å². The zero-order valence-electron chi connectivity index (χ0n) is 14.6. The molecule has 0 aliphatic carbocycles. The molecule has 0 saturated carbocycles. The van der Waals surface area contributed by atoms with Crippen LogP contribution in [0.3, 0.4) is 0 Å². The molecule has 0 aromatic carbocycles. The highest BCUT2D eigenvalue weighted by molar-refractivity contribution is 14.0. The summed E-state index contributed by atoms with van der Waals surface area (Å²) in [4.78, 5) is 21.0. The quantitative estimate of drug-likeness (QED) is 0.402. The third-order valence-electron chi connectivity index (χ3n) is 4.29. The van der Waals surface area contributed by atoms with Crippen molar-refractivity contribution in [2.24, 2.45) is 10.9 Å². The predicted octanol–water partition coefficient (Wildman–Crippen LogP) is 2.27. The second-order valence-corrected chi connectivity index (χ2v) is 7.70. The molecule has 2 aliphatic rings. The van der Waals surface area contributed by atoms with Gasteiger partial charge in [-0.3, -0.25) is 4.79 Å². The molecule has 0 spiro atoms. The lowest BCUT2D eigenvalue weighted by molar-refractivity contribution is -0.128. The Morgan fingerprint density at radius 1 is 1.26 bits per heavy atom. The molecule has 0 aromatic heterocycles. The van der Waals surface area contributed by atoms with E-state index in [9.17, 15) is 4.79 Å². The third-order valence-corrected chi connectivity index (χ3v) is 5.83. The van der Waals surface area contributed by atoms with Crippen LogP contribution in [0.2, 0.25) is 0 Å². The molecule has 1 unspecified atom stereocenters. The molecule has 5 nitrogen and oxygen atoms in total. The van der Waals surface area contributed by atoms with E-state index in [0.717, 1.165) is 57.3 Å². The SMILES string of the molecule is CCNC(=NCC(=O)N1CCCC1)N1CCSC(C(C)C)C1.I. The van der Waals surface area contributed by atoms with Crippen LogP contribution in [0, 0.1) is 5.92 Å². The number of guanidine groups is 1. The van der Waals surface area contributed by atoms with Crippen LogP contribution in [0.5, 0.6) is 0 Å². The minimum Gasteiger partial charge on any atom is -0.357 e.